The van der Waals surface area contributed by atoms with Crippen LogP contribution in [0.25, 0.3) is 0 Å². The first-order chi connectivity index (χ1) is 9.13. The smallest absolute Gasteiger partial charge is 0.0897 e. The number of nitrogens with zero attached hydrogens (tertiary/aromatic N) is 1. The molecular formula is C12H22N2O4S. The fraction of sp³-hybridized carbons (Fsp3) is 0.750. The number of aryl methyl sites for hydroxylation is 1. The minimum Gasteiger partial charge on any atom is -0.394 e. The number of rotatable bonds is 10. The van der Waals surface area contributed by atoms with Crippen molar-refractivity contribution in [3.05, 3.63) is 16.1 Å². The molecule has 0 spiro atoms. The number of hydrogen-bond acceptors (Lipinski definition) is 7. The van der Waals surface area contributed by atoms with E-state index < -0.39 is 12.2 Å². The van der Waals surface area contributed by atoms with Gasteiger partial charge in [-0.3, -0.25) is 0 Å². The zero-order valence-electron chi connectivity index (χ0n) is 11.1. The van der Waals surface area contributed by atoms with Crippen LogP contribution in [0.4, 0.5) is 0 Å². The molecule has 110 valence electrons. The number of thiazole rings is 1. The highest BCUT2D eigenvalue weighted by Crippen LogP contribution is 2.12. The Kier molecular flexibility index (Phi) is 8.11. The van der Waals surface area contributed by atoms with Gasteiger partial charge in [-0.15, -0.1) is 11.3 Å². The van der Waals surface area contributed by atoms with Gasteiger partial charge in [-0.25, -0.2) is 4.98 Å². The first-order valence-electron chi connectivity index (χ1n) is 6.28. The van der Waals surface area contributed by atoms with E-state index in [2.05, 4.69) is 10.3 Å². The second kappa shape index (κ2) is 9.35. The van der Waals surface area contributed by atoms with Crippen molar-refractivity contribution in [2.24, 2.45) is 0 Å². The van der Waals surface area contributed by atoms with E-state index in [-0.39, 0.29) is 19.8 Å². The zero-order valence-corrected chi connectivity index (χ0v) is 11.9. The molecular weight excluding hydrogens is 268 g/mol. The molecule has 0 aliphatic carbocycles. The van der Waals surface area contributed by atoms with Gasteiger partial charge in [-0.05, 0) is 6.92 Å². The quantitative estimate of drug-likeness (QED) is 0.426. The summed E-state index contributed by atoms with van der Waals surface area (Å²) in [4.78, 5) is 5.36. The molecule has 2 atom stereocenters. The Bertz CT molecular complexity index is 348. The Balaban J connectivity index is 2.01. The van der Waals surface area contributed by atoms with E-state index in [1.54, 1.807) is 11.3 Å². The monoisotopic (exact) mass is 290 g/mol. The van der Waals surface area contributed by atoms with Crippen LogP contribution in [0.15, 0.2) is 5.51 Å². The standard InChI is InChI=1S/C12H22N2O4S/c1-9-12(19-8-14-9)2-3-18-7-11(17)5-13-4-10(16)6-15/h8,10-11,13,15-17H,2-7H2,1H3. The normalized spacial score (nSPS) is 14.5. The summed E-state index contributed by atoms with van der Waals surface area (Å²) in [5.41, 5.74) is 2.85. The Morgan fingerprint density at radius 3 is 2.74 bits per heavy atom. The predicted molar refractivity (Wildman–Crippen MR) is 73.3 cm³/mol. The largest absolute Gasteiger partial charge is 0.394 e. The fourth-order valence-corrected chi connectivity index (χ4v) is 2.25. The lowest BCUT2D eigenvalue weighted by Crippen LogP contribution is -2.36. The summed E-state index contributed by atoms with van der Waals surface area (Å²) >= 11 is 1.61. The molecule has 1 aromatic rings. The van der Waals surface area contributed by atoms with Crippen LogP contribution < -0.4 is 5.32 Å². The molecule has 0 fully saturated rings. The molecule has 1 rings (SSSR count). The number of aliphatic hydroxyl groups is 3. The van der Waals surface area contributed by atoms with Crippen molar-refractivity contribution < 1.29 is 20.1 Å². The van der Waals surface area contributed by atoms with E-state index in [0.29, 0.717) is 13.2 Å². The fourth-order valence-electron chi connectivity index (χ4n) is 1.49. The highest BCUT2D eigenvalue weighted by Gasteiger charge is 2.07. The number of aliphatic hydroxyl groups excluding tert-OH is 3. The van der Waals surface area contributed by atoms with Crippen molar-refractivity contribution in [1.82, 2.24) is 10.3 Å². The van der Waals surface area contributed by atoms with Crippen molar-refractivity contribution in [2.75, 3.05) is 32.9 Å². The van der Waals surface area contributed by atoms with Crippen LogP contribution in [0.2, 0.25) is 0 Å². The molecule has 6 nitrogen and oxygen atoms in total. The molecule has 0 aliphatic heterocycles. The van der Waals surface area contributed by atoms with E-state index in [0.717, 1.165) is 12.1 Å². The summed E-state index contributed by atoms with van der Waals surface area (Å²) in [6, 6.07) is 0. The molecule has 4 N–H and O–H groups in total. The molecule has 0 saturated heterocycles. The van der Waals surface area contributed by atoms with E-state index in [1.165, 1.54) is 4.88 Å². The van der Waals surface area contributed by atoms with Crippen molar-refractivity contribution in [1.29, 1.82) is 0 Å². The number of hydrogen-bond donors (Lipinski definition) is 4. The lowest BCUT2D eigenvalue weighted by atomic mass is 10.3. The van der Waals surface area contributed by atoms with Gasteiger partial charge in [-0.2, -0.15) is 0 Å². The molecule has 19 heavy (non-hydrogen) atoms. The Morgan fingerprint density at radius 2 is 2.11 bits per heavy atom. The molecule has 0 radical (unpaired) electrons. The second-order valence-corrected chi connectivity index (χ2v) is 5.27. The summed E-state index contributed by atoms with van der Waals surface area (Å²) in [6.45, 7) is 3.08. The summed E-state index contributed by atoms with van der Waals surface area (Å²) in [6.07, 6.45) is -0.601. The van der Waals surface area contributed by atoms with Crippen molar-refractivity contribution in [2.45, 2.75) is 25.6 Å². The minimum absolute atomic E-state index is 0.250. The molecule has 0 aliphatic rings. The van der Waals surface area contributed by atoms with E-state index >= 15 is 0 Å². The molecule has 0 aromatic carbocycles. The van der Waals surface area contributed by atoms with Gasteiger partial charge in [0, 0.05) is 24.4 Å². The van der Waals surface area contributed by atoms with Crippen LogP contribution in [0.5, 0.6) is 0 Å². The van der Waals surface area contributed by atoms with Crippen LogP contribution in [0.3, 0.4) is 0 Å². The third-order valence-electron chi connectivity index (χ3n) is 2.60. The predicted octanol–water partition coefficient (Wildman–Crippen LogP) is -0.686. The van der Waals surface area contributed by atoms with Crippen molar-refractivity contribution >= 4 is 11.3 Å². The maximum absolute atomic E-state index is 9.61. The molecule has 0 amide bonds. The van der Waals surface area contributed by atoms with Crippen LogP contribution in [0, 0.1) is 6.92 Å². The van der Waals surface area contributed by atoms with Crippen LogP contribution in [0.1, 0.15) is 10.6 Å². The zero-order chi connectivity index (χ0) is 14.1. The maximum Gasteiger partial charge on any atom is 0.0897 e. The number of aromatic nitrogens is 1. The van der Waals surface area contributed by atoms with Gasteiger partial charge in [0.2, 0.25) is 0 Å². The molecule has 7 heteroatoms. The molecule has 2 unspecified atom stereocenters. The van der Waals surface area contributed by atoms with Crippen LogP contribution in [-0.4, -0.2) is 65.4 Å². The summed E-state index contributed by atoms with van der Waals surface area (Å²) in [7, 11) is 0. The van der Waals surface area contributed by atoms with E-state index in [1.807, 2.05) is 12.4 Å². The number of ether oxygens (including phenoxy) is 1. The Morgan fingerprint density at radius 1 is 1.37 bits per heavy atom. The minimum atomic E-state index is -0.789. The topological polar surface area (TPSA) is 94.8 Å². The average molecular weight is 290 g/mol. The van der Waals surface area contributed by atoms with Crippen LogP contribution in [-0.2, 0) is 11.2 Å². The lowest BCUT2D eigenvalue weighted by Gasteiger charge is -2.13. The first-order valence-corrected chi connectivity index (χ1v) is 7.15. The Hall–Kier alpha value is -0.570. The summed E-state index contributed by atoms with van der Waals surface area (Å²) in [5.74, 6) is 0. The third kappa shape index (κ3) is 6.95. The van der Waals surface area contributed by atoms with Gasteiger partial charge in [0.1, 0.15) is 0 Å². The van der Waals surface area contributed by atoms with Gasteiger partial charge < -0.3 is 25.4 Å². The van der Waals surface area contributed by atoms with Gasteiger partial charge in [0.15, 0.2) is 0 Å². The van der Waals surface area contributed by atoms with E-state index in [4.69, 9.17) is 14.9 Å². The first kappa shape index (κ1) is 16.5. The highest BCUT2D eigenvalue weighted by atomic mass is 32.1. The van der Waals surface area contributed by atoms with Crippen LogP contribution >= 0.6 is 11.3 Å². The molecule has 1 heterocycles. The van der Waals surface area contributed by atoms with Crippen molar-refractivity contribution in [3.8, 4) is 0 Å². The lowest BCUT2D eigenvalue weighted by molar-refractivity contribution is 0.0346. The molecule has 0 saturated carbocycles. The summed E-state index contributed by atoms with van der Waals surface area (Å²) < 4.78 is 5.38. The van der Waals surface area contributed by atoms with Gasteiger partial charge in [0.05, 0.1) is 43.2 Å². The highest BCUT2D eigenvalue weighted by molar-refractivity contribution is 7.09. The number of nitrogens with one attached hydrogen (secondary N) is 1. The van der Waals surface area contributed by atoms with Crippen molar-refractivity contribution in [3.63, 3.8) is 0 Å². The maximum atomic E-state index is 9.61. The summed E-state index contributed by atoms with van der Waals surface area (Å²) in [5, 5.41) is 30.1. The van der Waals surface area contributed by atoms with Gasteiger partial charge in [-0.1, -0.05) is 0 Å². The van der Waals surface area contributed by atoms with E-state index in [9.17, 15) is 5.11 Å². The van der Waals surface area contributed by atoms with Gasteiger partial charge >= 0.3 is 0 Å². The molecule has 0 bridgehead atoms. The second-order valence-electron chi connectivity index (χ2n) is 4.33. The molecule has 1 aromatic heterocycles. The van der Waals surface area contributed by atoms with Gasteiger partial charge in [0.25, 0.3) is 0 Å². The Labute approximate surface area is 117 Å². The third-order valence-corrected chi connectivity index (χ3v) is 3.59. The average Bonchev–Trinajstić information content (AvgIpc) is 2.80. The SMILES string of the molecule is Cc1ncsc1CCOCC(O)CNCC(O)CO.